The first-order valence-corrected chi connectivity index (χ1v) is 11.5. The van der Waals surface area contributed by atoms with E-state index in [2.05, 4.69) is 0 Å². The molecule has 1 aliphatic carbocycles. The Morgan fingerprint density at radius 3 is 2.53 bits per heavy atom. The predicted molar refractivity (Wildman–Crippen MR) is 129 cm³/mol. The SMILES string of the molecule is COc1ccc(CN(C)C(=O)COC(=O)c2c3c(nc4ccccc24)CCCCC3)cc1OC. The number of ether oxygens (including phenoxy) is 3. The van der Waals surface area contributed by atoms with Gasteiger partial charge in [0.2, 0.25) is 0 Å². The molecule has 7 heteroatoms. The van der Waals surface area contributed by atoms with E-state index < -0.39 is 5.97 Å². The molecule has 0 fully saturated rings. The van der Waals surface area contributed by atoms with Crippen LogP contribution in [0.1, 0.15) is 46.4 Å². The zero-order valence-electron chi connectivity index (χ0n) is 19.9. The Kier molecular flexibility index (Phi) is 7.30. The van der Waals surface area contributed by atoms with Gasteiger partial charge < -0.3 is 19.1 Å². The molecular weight excluding hydrogens is 432 g/mol. The van der Waals surface area contributed by atoms with Crippen molar-refractivity contribution < 1.29 is 23.8 Å². The van der Waals surface area contributed by atoms with E-state index in [0.717, 1.165) is 59.8 Å². The summed E-state index contributed by atoms with van der Waals surface area (Å²) in [7, 11) is 4.83. The summed E-state index contributed by atoms with van der Waals surface area (Å²) in [6.45, 7) is 0.0262. The summed E-state index contributed by atoms with van der Waals surface area (Å²) in [5.41, 5.74) is 4.16. The van der Waals surface area contributed by atoms with Crippen molar-refractivity contribution in [3.8, 4) is 11.5 Å². The fourth-order valence-electron chi connectivity index (χ4n) is 4.43. The second kappa shape index (κ2) is 10.5. The standard InChI is InChI=1S/C27H30N2O5/c1-29(16-18-13-14-23(32-2)24(15-18)33-3)25(30)17-34-27(31)26-19-9-5-4-6-11-21(19)28-22-12-8-7-10-20(22)26/h7-8,10,12-15H,4-6,9,11,16-17H2,1-3H3. The van der Waals surface area contributed by atoms with Gasteiger partial charge in [0, 0.05) is 24.7 Å². The van der Waals surface area contributed by atoms with E-state index in [1.54, 1.807) is 27.3 Å². The third kappa shape index (κ3) is 4.98. The first-order valence-electron chi connectivity index (χ1n) is 11.5. The smallest absolute Gasteiger partial charge is 0.339 e. The number of rotatable bonds is 7. The van der Waals surface area contributed by atoms with Crippen LogP contribution < -0.4 is 9.47 Å². The number of likely N-dealkylation sites (N-methyl/N-ethyl adjacent to an activating group) is 1. The Morgan fingerprint density at radius 1 is 0.971 bits per heavy atom. The summed E-state index contributed by atoms with van der Waals surface area (Å²) in [5.74, 6) is 0.465. The second-order valence-electron chi connectivity index (χ2n) is 8.51. The number of para-hydroxylation sites is 1. The number of aromatic nitrogens is 1. The van der Waals surface area contributed by atoms with Crippen LogP contribution in [0, 0.1) is 0 Å². The van der Waals surface area contributed by atoms with Gasteiger partial charge >= 0.3 is 5.97 Å². The summed E-state index contributed by atoms with van der Waals surface area (Å²) in [6, 6.07) is 13.1. The highest BCUT2D eigenvalue weighted by Crippen LogP contribution is 2.30. The van der Waals surface area contributed by atoms with E-state index in [4.69, 9.17) is 19.2 Å². The van der Waals surface area contributed by atoms with Crippen LogP contribution in [-0.2, 0) is 28.9 Å². The molecule has 0 aliphatic heterocycles. The Bertz CT molecular complexity index is 1210. The molecule has 4 rings (SSSR count). The van der Waals surface area contributed by atoms with Crippen LogP contribution in [0.2, 0.25) is 0 Å². The molecule has 3 aromatic rings. The molecule has 0 atom stereocenters. The van der Waals surface area contributed by atoms with Crippen molar-refractivity contribution in [3.05, 3.63) is 64.8 Å². The monoisotopic (exact) mass is 462 g/mol. The largest absolute Gasteiger partial charge is 0.493 e. The molecule has 1 heterocycles. The average molecular weight is 463 g/mol. The van der Waals surface area contributed by atoms with Gasteiger partial charge in [0.25, 0.3) is 5.91 Å². The summed E-state index contributed by atoms with van der Waals surface area (Å²) < 4.78 is 16.1. The van der Waals surface area contributed by atoms with Gasteiger partial charge in [0.05, 0.1) is 25.3 Å². The van der Waals surface area contributed by atoms with Crippen molar-refractivity contribution in [3.63, 3.8) is 0 Å². The van der Waals surface area contributed by atoms with E-state index in [1.807, 2.05) is 36.4 Å². The first kappa shape index (κ1) is 23.5. The zero-order valence-corrected chi connectivity index (χ0v) is 19.9. The molecule has 0 spiro atoms. The average Bonchev–Trinajstić information content (AvgIpc) is 3.10. The van der Waals surface area contributed by atoms with Crippen molar-refractivity contribution >= 4 is 22.8 Å². The van der Waals surface area contributed by atoms with Crippen molar-refractivity contribution in [1.82, 2.24) is 9.88 Å². The molecule has 178 valence electrons. The fourth-order valence-corrected chi connectivity index (χ4v) is 4.43. The number of methoxy groups -OCH3 is 2. The summed E-state index contributed by atoms with van der Waals surface area (Å²) in [4.78, 5) is 32.3. The number of pyridine rings is 1. The molecule has 0 unspecified atom stereocenters. The predicted octanol–water partition coefficient (Wildman–Crippen LogP) is 4.34. The third-order valence-electron chi connectivity index (χ3n) is 6.24. The first-order chi connectivity index (χ1) is 16.5. The molecule has 1 aliphatic rings. The topological polar surface area (TPSA) is 78.0 Å². The van der Waals surface area contributed by atoms with Crippen LogP contribution in [0.25, 0.3) is 10.9 Å². The number of carbonyl (C=O) groups excluding carboxylic acids is 2. The maximum atomic E-state index is 13.2. The summed E-state index contributed by atoms with van der Waals surface area (Å²) in [6.07, 6.45) is 4.84. The Balaban J connectivity index is 1.48. The van der Waals surface area contributed by atoms with Crippen molar-refractivity contribution in [2.75, 3.05) is 27.9 Å². The summed E-state index contributed by atoms with van der Waals surface area (Å²) in [5, 5.41) is 0.777. The van der Waals surface area contributed by atoms with Crippen LogP contribution in [0.15, 0.2) is 42.5 Å². The molecule has 0 saturated carbocycles. The number of carbonyl (C=O) groups is 2. The molecule has 0 saturated heterocycles. The van der Waals surface area contributed by atoms with Crippen LogP contribution in [0.5, 0.6) is 11.5 Å². The lowest BCUT2D eigenvalue weighted by Crippen LogP contribution is -2.31. The van der Waals surface area contributed by atoms with Crippen LogP contribution in [-0.4, -0.2) is 49.6 Å². The third-order valence-corrected chi connectivity index (χ3v) is 6.24. The highest BCUT2D eigenvalue weighted by molar-refractivity contribution is 6.05. The van der Waals surface area contributed by atoms with E-state index in [-0.39, 0.29) is 12.5 Å². The normalized spacial score (nSPS) is 13.0. The lowest BCUT2D eigenvalue weighted by Gasteiger charge is -2.19. The molecule has 2 aromatic carbocycles. The molecule has 0 radical (unpaired) electrons. The van der Waals surface area contributed by atoms with E-state index in [9.17, 15) is 9.59 Å². The highest BCUT2D eigenvalue weighted by atomic mass is 16.5. The van der Waals surface area contributed by atoms with Gasteiger partial charge in [-0.15, -0.1) is 0 Å². The zero-order chi connectivity index (χ0) is 24.1. The molecule has 7 nitrogen and oxygen atoms in total. The van der Waals surface area contributed by atoms with Crippen molar-refractivity contribution in [2.24, 2.45) is 0 Å². The lowest BCUT2D eigenvalue weighted by molar-refractivity contribution is -0.133. The fraction of sp³-hybridized carbons (Fsp3) is 0.370. The number of hydrogen-bond acceptors (Lipinski definition) is 6. The van der Waals surface area contributed by atoms with E-state index in [1.165, 1.54) is 4.90 Å². The molecular formula is C27H30N2O5. The minimum atomic E-state index is -0.468. The maximum absolute atomic E-state index is 13.2. The molecule has 1 aromatic heterocycles. The van der Waals surface area contributed by atoms with E-state index in [0.29, 0.717) is 23.6 Å². The van der Waals surface area contributed by atoms with Crippen LogP contribution in [0.3, 0.4) is 0 Å². The number of nitrogens with zero attached hydrogens (tertiary/aromatic N) is 2. The van der Waals surface area contributed by atoms with Gasteiger partial charge in [-0.3, -0.25) is 9.78 Å². The Morgan fingerprint density at radius 2 is 1.74 bits per heavy atom. The molecule has 34 heavy (non-hydrogen) atoms. The highest BCUT2D eigenvalue weighted by Gasteiger charge is 2.24. The molecule has 1 amide bonds. The van der Waals surface area contributed by atoms with Crippen LogP contribution in [0.4, 0.5) is 0 Å². The molecule has 0 bridgehead atoms. The lowest BCUT2D eigenvalue weighted by atomic mass is 9.97. The van der Waals surface area contributed by atoms with Gasteiger partial charge in [-0.1, -0.05) is 30.7 Å². The minimum absolute atomic E-state index is 0.285. The van der Waals surface area contributed by atoms with Gasteiger partial charge in [-0.25, -0.2) is 4.79 Å². The van der Waals surface area contributed by atoms with Crippen molar-refractivity contribution in [2.45, 2.75) is 38.6 Å². The van der Waals surface area contributed by atoms with E-state index >= 15 is 0 Å². The number of amides is 1. The quantitative estimate of drug-likeness (QED) is 0.384. The maximum Gasteiger partial charge on any atom is 0.339 e. The van der Waals surface area contributed by atoms with Gasteiger partial charge in [-0.2, -0.15) is 0 Å². The number of hydrogen-bond donors (Lipinski definition) is 0. The van der Waals surface area contributed by atoms with Crippen LogP contribution >= 0.6 is 0 Å². The number of fused-ring (bicyclic) bond motifs is 2. The Hall–Kier alpha value is -3.61. The minimum Gasteiger partial charge on any atom is -0.493 e. The molecule has 0 N–H and O–H groups in total. The second-order valence-corrected chi connectivity index (χ2v) is 8.51. The van der Waals surface area contributed by atoms with Gasteiger partial charge in [-0.05, 0) is 55.0 Å². The van der Waals surface area contributed by atoms with Gasteiger partial charge in [0.15, 0.2) is 18.1 Å². The number of esters is 1. The summed E-state index contributed by atoms with van der Waals surface area (Å²) >= 11 is 0. The van der Waals surface area contributed by atoms with Gasteiger partial charge in [0.1, 0.15) is 0 Å². The number of benzene rings is 2. The number of aryl methyl sites for hydroxylation is 1. The van der Waals surface area contributed by atoms with Crippen molar-refractivity contribution in [1.29, 1.82) is 0 Å². The Labute approximate surface area is 199 Å².